The van der Waals surface area contributed by atoms with Gasteiger partial charge in [-0.25, -0.2) is 0 Å². The lowest BCUT2D eigenvalue weighted by Gasteiger charge is -2.12. The summed E-state index contributed by atoms with van der Waals surface area (Å²) < 4.78 is 41.1. The first-order chi connectivity index (χ1) is 11.8. The van der Waals surface area contributed by atoms with Crippen LogP contribution in [0.3, 0.4) is 0 Å². The molecule has 0 saturated heterocycles. The summed E-state index contributed by atoms with van der Waals surface area (Å²) in [4.78, 5) is 23.2. The van der Waals surface area contributed by atoms with Gasteiger partial charge in [-0.3, -0.25) is 14.1 Å². The molecule has 1 N–H and O–H groups in total. The van der Waals surface area contributed by atoms with Crippen LogP contribution in [-0.2, 0) is 29.2 Å². The second-order valence-corrected chi connectivity index (χ2v) is 7.41. The van der Waals surface area contributed by atoms with Crippen molar-refractivity contribution in [2.24, 2.45) is 0 Å². The molecule has 146 valence electrons. The van der Waals surface area contributed by atoms with E-state index in [4.69, 9.17) is 9.29 Å². The Labute approximate surface area is 150 Å². The van der Waals surface area contributed by atoms with Crippen LogP contribution in [0.25, 0.3) is 0 Å². The Morgan fingerprint density at radius 3 is 2.12 bits per heavy atom. The Bertz CT molecular complexity index is 511. The summed E-state index contributed by atoms with van der Waals surface area (Å²) in [5.74, 6) is -2.08. The maximum atomic E-state index is 11.8. The molecule has 0 aliphatic heterocycles. The highest BCUT2D eigenvalue weighted by Gasteiger charge is 2.35. The largest absolute Gasteiger partial charge is 0.465 e. The van der Waals surface area contributed by atoms with E-state index in [1.54, 1.807) is 6.92 Å². The van der Waals surface area contributed by atoms with Crippen molar-refractivity contribution in [2.75, 3.05) is 6.61 Å². The first-order valence-corrected chi connectivity index (χ1v) is 10.3. The van der Waals surface area contributed by atoms with Gasteiger partial charge in [-0.15, -0.1) is 0 Å². The summed E-state index contributed by atoms with van der Waals surface area (Å²) in [6.45, 7) is 3.82. The average Bonchev–Trinajstić information content (AvgIpc) is 2.55. The van der Waals surface area contributed by atoms with Gasteiger partial charge in [0.15, 0.2) is 5.25 Å². The van der Waals surface area contributed by atoms with Crippen molar-refractivity contribution >= 4 is 22.1 Å². The maximum absolute atomic E-state index is 11.8. The van der Waals surface area contributed by atoms with Crippen LogP contribution < -0.4 is 0 Å². The number of esters is 2. The van der Waals surface area contributed by atoms with Crippen LogP contribution in [0.15, 0.2) is 12.3 Å². The third-order valence-corrected chi connectivity index (χ3v) is 4.63. The molecule has 1 unspecified atom stereocenters. The van der Waals surface area contributed by atoms with Gasteiger partial charge in [0.2, 0.25) is 0 Å². The lowest BCUT2D eigenvalue weighted by molar-refractivity contribution is -0.147. The molecule has 0 spiro atoms. The fourth-order valence-electron chi connectivity index (χ4n) is 2.16. The highest BCUT2D eigenvalue weighted by Crippen LogP contribution is 2.11. The summed E-state index contributed by atoms with van der Waals surface area (Å²) in [7, 11) is -4.74. The maximum Gasteiger partial charge on any atom is 0.327 e. The number of carbonyl (C=O) groups is 2. The molecule has 0 aromatic rings. The Hall–Kier alpha value is -1.41. The van der Waals surface area contributed by atoms with Gasteiger partial charge >= 0.3 is 11.9 Å². The second kappa shape index (κ2) is 13.8. The number of rotatable bonds is 14. The van der Waals surface area contributed by atoms with Crippen molar-refractivity contribution in [1.29, 1.82) is 0 Å². The van der Waals surface area contributed by atoms with Crippen molar-refractivity contribution < 1.29 is 32.0 Å². The van der Waals surface area contributed by atoms with Gasteiger partial charge < -0.3 is 9.47 Å². The highest BCUT2D eigenvalue weighted by atomic mass is 32.2. The van der Waals surface area contributed by atoms with Crippen LogP contribution in [0, 0.1) is 0 Å². The molecule has 0 aromatic carbocycles. The van der Waals surface area contributed by atoms with Crippen molar-refractivity contribution in [3.05, 3.63) is 12.3 Å². The minimum Gasteiger partial charge on any atom is -0.465 e. The van der Waals surface area contributed by atoms with Gasteiger partial charge in [0.1, 0.15) is 0 Å². The Kier molecular flexibility index (Phi) is 13.1. The summed E-state index contributed by atoms with van der Waals surface area (Å²) >= 11 is 0. The van der Waals surface area contributed by atoms with E-state index in [0.29, 0.717) is 6.42 Å². The summed E-state index contributed by atoms with van der Waals surface area (Å²) in [6.07, 6.45) is 10.2. The third kappa shape index (κ3) is 12.6. The fourth-order valence-corrected chi connectivity index (χ4v) is 2.81. The van der Waals surface area contributed by atoms with E-state index in [1.807, 2.05) is 0 Å². The summed E-state index contributed by atoms with van der Waals surface area (Å²) in [5.41, 5.74) is 0. The van der Waals surface area contributed by atoms with Crippen LogP contribution >= 0.6 is 0 Å². The lowest BCUT2D eigenvalue weighted by atomic mass is 10.1. The van der Waals surface area contributed by atoms with Crippen molar-refractivity contribution in [1.82, 2.24) is 0 Å². The lowest BCUT2D eigenvalue weighted by Crippen LogP contribution is -2.34. The molecule has 0 aliphatic rings. The molecular formula is C17H30O7S. The van der Waals surface area contributed by atoms with Gasteiger partial charge in [0.25, 0.3) is 10.1 Å². The molecule has 0 bridgehead atoms. The number of ether oxygens (including phenoxy) is 2. The van der Waals surface area contributed by atoms with Crippen LogP contribution in [0.5, 0.6) is 0 Å². The van der Waals surface area contributed by atoms with Crippen molar-refractivity contribution in [2.45, 2.75) is 76.9 Å². The monoisotopic (exact) mass is 378 g/mol. The molecule has 7 nitrogen and oxygen atoms in total. The quantitative estimate of drug-likeness (QED) is 0.214. The third-order valence-electron chi connectivity index (χ3n) is 3.55. The van der Waals surface area contributed by atoms with Crippen LogP contribution in [0.4, 0.5) is 0 Å². The van der Waals surface area contributed by atoms with Gasteiger partial charge in [-0.2, -0.15) is 8.42 Å². The first-order valence-electron chi connectivity index (χ1n) is 8.76. The molecule has 0 fully saturated rings. The zero-order valence-corrected chi connectivity index (χ0v) is 15.9. The molecule has 0 amide bonds. The van der Waals surface area contributed by atoms with E-state index in [2.05, 4.69) is 11.7 Å². The Morgan fingerprint density at radius 2 is 1.60 bits per heavy atom. The zero-order chi connectivity index (χ0) is 19.1. The van der Waals surface area contributed by atoms with E-state index in [1.165, 1.54) is 31.8 Å². The van der Waals surface area contributed by atoms with Gasteiger partial charge in [0, 0.05) is 0 Å². The Morgan fingerprint density at radius 1 is 1.04 bits per heavy atom. The van der Waals surface area contributed by atoms with Gasteiger partial charge in [-0.1, -0.05) is 57.9 Å². The number of hydrogen-bond donors (Lipinski definition) is 1. The zero-order valence-electron chi connectivity index (χ0n) is 15.1. The SMILES string of the molecule is C/C=C/OC(=O)CC(C(=O)OCCCCCCCCCC)S(=O)(=O)O. The fraction of sp³-hybridized carbons (Fsp3) is 0.765. The number of unbranched alkanes of at least 4 members (excludes halogenated alkanes) is 7. The summed E-state index contributed by atoms with van der Waals surface area (Å²) in [6, 6.07) is 0. The van der Waals surface area contributed by atoms with Crippen molar-refractivity contribution in [3.63, 3.8) is 0 Å². The minimum atomic E-state index is -4.74. The van der Waals surface area contributed by atoms with E-state index in [9.17, 15) is 18.0 Å². The molecule has 0 saturated carbocycles. The number of allylic oxidation sites excluding steroid dienone is 1. The average molecular weight is 378 g/mol. The van der Waals surface area contributed by atoms with Crippen LogP contribution in [0.1, 0.15) is 71.6 Å². The van der Waals surface area contributed by atoms with Crippen LogP contribution in [0.2, 0.25) is 0 Å². The minimum absolute atomic E-state index is 0.0592. The predicted molar refractivity (Wildman–Crippen MR) is 94.4 cm³/mol. The smallest absolute Gasteiger partial charge is 0.327 e. The topological polar surface area (TPSA) is 107 Å². The van der Waals surface area contributed by atoms with Crippen LogP contribution in [-0.4, -0.2) is 36.8 Å². The second-order valence-electron chi connectivity index (χ2n) is 5.81. The molecule has 0 aliphatic carbocycles. The first kappa shape index (κ1) is 23.6. The molecule has 8 heteroatoms. The Balaban J connectivity index is 4.13. The molecule has 0 aromatic heterocycles. The molecule has 0 rings (SSSR count). The van der Waals surface area contributed by atoms with E-state index >= 15 is 0 Å². The standard InChI is InChI=1S/C17H30O7S/c1-3-5-6-7-8-9-10-11-13-24-17(19)15(25(20,21)22)14-16(18)23-12-4-2/h4,12,15H,3,5-11,13-14H2,1-2H3,(H,20,21,22)/b12-4+. The highest BCUT2D eigenvalue weighted by molar-refractivity contribution is 7.87. The molecule has 1 atom stereocenters. The van der Waals surface area contributed by atoms with Gasteiger partial charge in [0.05, 0.1) is 19.3 Å². The normalized spacial score (nSPS) is 12.9. The van der Waals surface area contributed by atoms with E-state index in [-0.39, 0.29) is 6.61 Å². The van der Waals surface area contributed by atoms with E-state index in [0.717, 1.165) is 25.5 Å². The molecule has 0 radical (unpaired) electrons. The van der Waals surface area contributed by atoms with Crippen molar-refractivity contribution in [3.8, 4) is 0 Å². The number of hydrogen-bond acceptors (Lipinski definition) is 6. The summed E-state index contributed by atoms with van der Waals surface area (Å²) in [5, 5.41) is -1.96. The predicted octanol–water partition coefficient (Wildman–Crippen LogP) is 3.39. The van der Waals surface area contributed by atoms with Gasteiger partial charge in [-0.05, 0) is 13.3 Å². The van der Waals surface area contributed by atoms with E-state index < -0.39 is 33.7 Å². The molecular weight excluding hydrogens is 348 g/mol. The molecule has 25 heavy (non-hydrogen) atoms. The number of carbonyl (C=O) groups excluding carboxylic acids is 2. The molecule has 0 heterocycles.